The molecule has 5 heteroatoms. The van der Waals surface area contributed by atoms with Crippen LogP contribution in [0, 0.1) is 5.92 Å². The van der Waals surface area contributed by atoms with E-state index in [9.17, 15) is 0 Å². The molecule has 14 heavy (non-hydrogen) atoms. The Hall–Kier alpha value is -0.260. The average molecular weight is 215 g/mol. The molecule has 2 aliphatic rings. The van der Waals surface area contributed by atoms with Crippen LogP contribution in [0.25, 0.3) is 0 Å². The number of hydrazine groups is 1. The molecule has 4 nitrogen and oxygen atoms in total. The van der Waals surface area contributed by atoms with E-state index in [2.05, 4.69) is 22.4 Å². The third-order valence-corrected chi connectivity index (χ3v) is 3.55. The number of nitrogens with one attached hydrogen (secondary N) is 1. The first-order valence-corrected chi connectivity index (χ1v) is 6.10. The Labute approximate surface area is 89.1 Å². The Balaban J connectivity index is 1.78. The van der Waals surface area contributed by atoms with E-state index in [0.717, 1.165) is 43.9 Å². The van der Waals surface area contributed by atoms with Crippen LogP contribution < -0.4 is 5.43 Å². The van der Waals surface area contributed by atoms with Crippen LogP contribution in [0.4, 0.5) is 0 Å². The molecule has 0 aromatic rings. The third kappa shape index (κ3) is 2.87. The molecule has 2 aliphatic heterocycles. The number of morpholine rings is 1. The molecule has 2 heterocycles. The number of aliphatic imine (C=N–C) groups is 1. The normalized spacial score (nSPS) is 29.8. The predicted molar refractivity (Wildman–Crippen MR) is 59.5 cm³/mol. The predicted octanol–water partition coefficient (Wildman–Crippen LogP) is 0.562. The van der Waals surface area contributed by atoms with E-state index in [4.69, 9.17) is 4.74 Å². The lowest BCUT2D eigenvalue weighted by Crippen LogP contribution is -2.48. The standard InChI is InChI=1S/C9H17N3OS/c1-8-6-10-9(14-7-8)11-12-2-4-13-5-3-12/h8H,2-7H2,1H3,(H,10,11). The van der Waals surface area contributed by atoms with Crippen LogP contribution in [0.3, 0.4) is 0 Å². The zero-order chi connectivity index (χ0) is 9.80. The van der Waals surface area contributed by atoms with Crippen LogP contribution in [-0.4, -0.2) is 48.8 Å². The molecular weight excluding hydrogens is 198 g/mol. The van der Waals surface area contributed by atoms with Crippen molar-refractivity contribution in [2.45, 2.75) is 6.92 Å². The van der Waals surface area contributed by atoms with E-state index in [1.807, 2.05) is 11.8 Å². The lowest BCUT2D eigenvalue weighted by molar-refractivity contribution is 0.0253. The van der Waals surface area contributed by atoms with Gasteiger partial charge in [0, 0.05) is 25.4 Å². The average Bonchev–Trinajstić information content (AvgIpc) is 2.23. The summed E-state index contributed by atoms with van der Waals surface area (Å²) in [6, 6.07) is 0. The maximum Gasteiger partial charge on any atom is 0.171 e. The molecule has 0 amide bonds. The van der Waals surface area contributed by atoms with Crippen molar-refractivity contribution in [3.63, 3.8) is 0 Å². The summed E-state index contributed by atoms with van der Waals surface area (Å²) in [4.78, 5) is 4.49. The Morgan fingerprint density at radius 1 is 1.50 bits per heavy atom. The molecular formula is C9H17N3OS. The number of hydrogen-bond acceptors (Lipinski definition) is 5. The Kier molecular flexibility index (Phi) is 3.67. The molecule has 1 N–H and O–H groups in total. The maximum absolute atomic E-state index is 5.28. The van der Waals surface area contributed by atoms with Crippen molar-refractivity contribution in [1.82, 2.24) is 10.4 Å². The van der Waals surface area contributed by atoms with Gasteiger partial charge in [0.1, 0.15) is 0 Å². The van der Waals surface area contributed by atoms with Crippen LogP contribution in [-0.2, 0) is 4.74 Å². The van der Waals surface area contributed by atoms with Gasteiger partial charge in [-0.2, -0.15) is 0 Å². The van der Waals surface area contributed by atoms with E-state index in [-0.39, 0.29) is 0 Å². The molecule has 1 fully saturated rings. The first kappa shape index (κ1) is 10.3. The second-order valence-electron chi connectivity index (χ2n) is 3.77. The van der Waals surface area contributed by atoms with Gasteiger partial charge in [0.15, 0.2) is 5.17 Å². The summed E-state index contributed by atoms with van der Waals surface area (Å²) in [5, 5.41) is 3.26. The van der Waals surface area contributed by atoms with Gasteiger partial charge in [0.05, 0.1) is 13.2 Å². The van der Waals surface area contributed by atoms with Crippen LogP contribution >= 0.6 is 11.8 Å². The highest BCUT2D eigenvalue weighted by molar-refractivity contribution is 8.13. The number of rotatable bonds is 1. The summed E-state index contributed by atoms with van der Waals surface area (Å²) in [7, 11) is 0. The van der Waals surface area contributed by atoms with Gasteiger partial charge in [-0.3, -0.25) is 10.4 Å². The van der Waals surface area contributed by atoms with Crippen molar-refractivity contribution in [1.29, 1.82) is 0 Å². The molecule has 0 bridgehead atoms. The van der Waals surface area contributed by atoms with Gasteiger partial charge < -0.3 is 4.74 Å². The van der Waals surface area contributed by atoms with Crippen LogP contribution in [0.1, 0.15) is 6.92 Å². The van der Waals surface area contributed by atoms with Gasteiger partial charge in [-0.1, -0.05) is 18.7 Å². The fourth-order valence-electron chi connectivity index (χ4n) is 1.44. The van der Waals surface area contributed by atoms with Crippen LogP contribution in [0.5, 0.6) is 0 Å². The molecule has 0 saturated carbocycles. The molecule has 0 radical (unpaired) electrons. The van der Waals surface area contributed by atoms with Crippen molar-refractivity contribution in [2.24, 2.45) is 10.9 Å². The zero-order valence-electron chi connectivity index (χ0n) is 8.53. The third-order valence-electron chi connectivity index (χ3n) is 2.32. The molecule has 2 rings (SSSR count). The summed E-state index contributed by atoms with van der Waals surface area (Å²) in [5.74, 6) is 1.89. The highest BCUT2D eigenvalue weighted by atomic mass is 32.2. The minimum atomic E-state index is 0.718. The first-order chi connectivity index (χ1) is 6.84. The lowest BCUT2D eigenvalue weighted by atomic mass is 10.2. The van der Waals surface area contributed by atoms with Crippen molar-refractivity contribution < 1.29 is 4.74 Å². The first-order valence-electron chi connectivity index (χ1n) is 5.11. The minimum absolute atomic E-state index is 0.718. The molecule has 0 spiro atoms. The van der Waals surface area contributed by atoms with Gasteiger partial charge in [-0.15, -0.1) is 0 Å². The van der Waals surface area contributed by atoms with Crippen LogP contribution in [0.15, 0.2) is 4.99 Å². The van der Waals surface area contributed by atoms with E-state index in [0.29, 0.717) is 0 Å². The van der Waals surface area contributed by atoms with E-state index in [1.54, 1.807) is 0 Å². The summed E-state index contributed by atoms with van der Waals surface area (Å²) < 4.78 is 5.28. The molecule has 1 atom stereocenters. The molecule has 0 aromatic heterocycles. The highest BCUT2D eigenvalue weighted by Crippen LogP contribution is 2.15. The van der Waals surface area contributed by atoms with E-state index >= 15 is 0 Å². The number of nitrogens with zero attached hydrogens (tertiary/aromatic N) is 2. The van der Waals surface area contributed by atoms with Crippen molar-refractivity contribution >= 4 is 16.9 Å². The summed E-state index contributed by atoms with van der Waals surface area (Å²) in [5.41, 5.74) is 3.34. The molecule has 0 aromatic carbocycles. The monoisotopic (exact) mass is 215 g/mol. The highest BCUT2D eigenvalue weighted by Gasteiger charge is 2.16. The summed E-state index contributed by atoms with van der Waals surface area (Å²) in [6.07, 6.45) is 0. The van der Waals surface area contributed by atoms with Crippen molar-refractivity contribution in [3.8, 4) is 0 Å². The largest absolute Gasteiger partial charge is 0.379 e. The number of amidine groups is 1. The molecule has 80 valence electrons. The quantitative estimate of drug-likeness (QED) is 0.693. The Bertz CT molecular complexity index is 216. The smallest absolute Gasteiger partial charge is 0.171 e. The molecule has 1 unspecified atom stereocenters. The maximum atomic E-state index is 5.28. The summed E-state index contributed by atoms with van der Waals surface area (Å²) in [6.45, 7) is 6.74. The van der Waals surface area contributed by atoms with E-state index < -0.39 is 0 Å². The minimum Gasteiger partial charge on any atom is -0.379 e. The fraction of sp³-hybridized carbons (Fsp3) is 0.889. The molecule has 1 saturated heterocycles. The SMILES string of the molecule is CC1CN=C(NN2CCOCC2)SC1. The van der Waals surface area contributed by atoms with Gasteiger partial charge in [0.2, 0.25) is 0 Å². The van der Waals surface area contributed by atoms with Crippen molar-refractivity contribution in [2.75, 3.05) is 38.6 Å². The fourth-order valence-corrected chi connectivity index (χ4v) is 2.34. The lowest BCUT2D eigenvalue weighted by Gasteiger charge is -2.29. The number of thioether (sulfide) groups is 1. The molecule has 0 aliphatic carbocycles. The zero-order valence-corrected chi connectivity index (χ0v) is 9.35. The summed E-state index contributed by atoms with van der Waals surface area (Å²) >= 11 is 1.82. The van der Waals surface area contributed by atoms with Gasteiger partial charge in [0.25, 0.3) is 0 Å². The number of ether oxygens (including phenoxy) is 1. The van der Waals surface area contributed by atoms with Gasteiger partial charge in [-0.05, 0) is 5.92 Å². The van der Waals surface area contributed by atoms with Crippen LogP contribution in [0.2, 0.25) is 0 Å². The Morgan fingerprint density at radius 2 is 2.29 bits per heavy atom. The second kappa shape index (κ2) is 5.00. The van der Waals surface area contributed by atoms with Gasteiger partial charge in [-0.25, -0.2) is 5.01 Å². The topological polar surface area (TPSA) is 36.9 Å². The van der Waals surface area contributed by atoms with E-state index in [1.165, 1.54) is 5.75 Å². The number of hydrogen-bond donors (Lipinski definition) is 1. The van der Waals surface area contributed by atoms with Crippen molar-refractivity contribution in [3.05, 3.63) is 0 Å². The second-order valence-corrected chi connectivity index (χ2v) is 4.78. The van der Waals surface area contributed by atoms with Gasteiger partial charge >= 0.3 is 0 Å². The Morgan fingerprint density at radius 3 is 2.93 bits per heavy atom.